The third-order valence-corrected chi connectivity index (χ3v) is 3.28. The van der Waals surface area contributed by atoms with Gasteiger partial charge in [0.1, 0.15) is 5.82 Å². The maximum atomic E-state index is 13.5. The van der Waals surface area contributed by atoms with Crippen molar-refractivity contribution in [3.05, 3.63) is 35.8 Å². The first-order chi connectivity index (χ1) is 7.06. The molecule has 2 heteroatoms. The van der Waals surface area contributed by atoms with Crippen LogP contribution in [0.15, 0.2) is 24.4 Å². The summed E-state index contributed by atoms with van der Waals surface area (Å²) in [6.45, 7) is 6.51. The number of H-pyrrole nitrogens is 1. The molecule has 0 aliphatic heterocycles. The van der Waals surface area contributed by atoms with Crippen LogP contribution < -0.4 is 0 Å². The average molecular weight is 205 g/mol. The summed E-state index contributed by atoms with van der Waals surface area (Å²) in [4.78, 5) is 3.02. The molecule has 1 heterocycles. The summed E-state index contributed by atoms with van der Waals surface area (Å²) in [5.74, 6) is -0.175. The van der Waals surface area contributed by atoms with E-state index in [9.17, 15) is 4.39 Å². The first kappa shape index (κ1) is 10.2. The topological polar surface area (TPSA) is 15.8 Å². The Bertz CT molecular complexity index is 482. The van der Waals surface area contributed by atoms with Crippen LogP contribution in [0.1, 0.15) is 32.8 Å². The molecule has 1 N–H and O–H groups in total. The zero-order chi connectivity index (χ0) is 11.1. The van der Waals surface area contributed by atoms with Crippen LogP contribution >= 0.6 is 0 Å². The van der Waals surface area contributed by atoms with Crippen LogP contribution in [0.5, 0.6) is 0 Å². The Kier molecular flexibility index (Phi) is 2.29. The number of para-hydroxylation sites is 1. The fourth-order valence-corrected chi connectivity index (χ4v) is 1.87. The van der Waals surface area contributed by atoms with Crippen molar-refractivity contribution in [2.75, 3.05) is 0 Å². The van der Waals surface area contributed by atoms with Crippen LogP contribution in [0, 0.1) is 5.82 Å². The molecule has 1 aromatic heterocycles. The molecule has 0 saturated heterocycles. The van der Waals surface area contributed by atoms with E-state index in [4.69, 9.17) is 0 Å². The lowest BCUT2D eigenvalue weighted by Gasteiger charge is -2.22. The quantitative estimate of drug-likeness (QED) is 0.762. The largest absolute Gasteiger partial charge is 0.358 e. The number of halogens is 1. The second-order valence-corrected chi connectivity index (χ2v) is 4.60. The fourth-order valence-electron chi connectivity index (χ4n) is 1.87. The van der Waals surface area contributed by atoms with Crippen molar-refractivity contribution in [1.82, 2.24) is 4.98 Å². The number of hydrogen-bond donors (Lipinski definition) is 1. The molecule has 0 fully saturated rings. The van der Waals surface area contributed by atoms with Crippen LogP contribution in [0.3, 0.4) is 0 Å². The monoisotopic (exact) mass is 205 g/mol. The van der Waals surface area contributed by atoms with Gasteiger partial charge in [-0.2, -0.15) is 0 Å². The van der Waals surface area contributed by atoms with E-state index in [0.717, 1.165) is 11.8 Å². The SMILES string of the molecule is CCC(C)(C)c1c[nH]c2c(F)cccc12. The summed E-state index contributed by atoms with van der Waals surface area (Å²) < 4.78 is 13.5. The molecule has 0 unspecified atom stereocenters. The lowest BCUT2D eigenvalue weighted by Crippen LogP contribution is -2.14. The van der Waals surface area contributed by atoms with Gasteiger partial charge >= 0.3 is 0 Å². The van der Waals surface area contributed by atoms with Crippen molar-refractivity contribution in [2.45, 2.75) is 32.6 Å². The van der Waals surface area contributed by atoms with Gasteiger partial charge in [0.05, 0.1) is 5.52 Å². The molecule has 0 aliphatic rings. The summed E-state index contributed by atoms with van der Waals surface area (Å²) in [5, 5.41) is 1.00. The third-order valence-electron chi connectivity index (χ3n) is 3.28. The minimum atomic E-state index is -0.175. The normalized spacial score (nSPS) is 12.3. The summed E-state index contributed by atoms with van der Waals surface area (Å²) in [5.41, 5.74) is 1.90. The average Bonchev–Trinajstić information content (AvgIpc) is 2.63. The van der Waals surface area contributed by atoms with E-state index >= 15 is 0 Å². The van der Waals surface area contributed by atoms with E-state index in [2.05, 4.69) is 25.8 Å². The van der Waals surface area contributed by atoms with E-state index in [0.29, 0.717) is 5.52 Å². The van der Waals surface area contributed by atoms with E-state index in [1.54, 1.807) is 6.07 Å². The van der Waals surface area contributed by atoms with Gasteiger partial charge in [-0.05, 0) is 23.5 Å². The van der Waals surface area contributed by atoms with E-state index < -0.39 is 0 Å². The van der Waals surface area contributed by atoms with Gasteiger partial charge in [0, 0.05) is 11.6 Å². The maximum absolute atomic E-state index is 13.5. The molecule has 1 nitrogen and oxygen atoms in total. The molecule has 0 atom stereocenters. The molecule has 0 aliphatic carbocycles. The van der Waals surface area contributed by atoms with Crippen LogP contribution in [-0.4, -0.2) is 4.98 Å². The predicted molar refractivity (Wildman–Crippen MR) is 61.6 cm³/mol. The van der Waals surface area contributed by atoms with Gasteiger partial charge in [-0.3, -0.25) is 0 Å². The summed E-state index contributed by atoms with van der Waals surface area (Å²) in [6, 6.07) is 5.23. The molecule has 0 radical (unpaired) electrons. The van der Waals surface area contributed by atoms with Crippen molar-refractivity contribution >= 4 is 10.9 Å². The van der Waals surface area contributed by atoms with Gasteiger partial charge in [-0.15, -0.1) is 0 Å². The van der Waals surface area contributed by atoms with Gasteiger partial charge in [0.15, 0.2) is 0 Å². The van der Waals surface area contributed by atoms with E-state index in [1.165, 1.54) is 11.6 Å². The standard InChI is InChI=1S/C13H16FN/c1-4-13(2,3)10-8-15-12-9(10)6-5-7-11(12)14/h5-8,15H,4H2,1-3H3. The second kappa shape index (κ2) is 3.37. The van der Waals surface area contributed by atoms with Gasteiger partial charge < -0.3 is 4.98 Å². The molecule has 15 heavy (non-hydrogen) atoms. The first-order valence-electron chi connectivity index (χ1n) is 5.32. The molecular formula is C13H16FN. The Morgan fingerprint density at radius 3 is 2.73 bits per heavy atom. The highest BCUT2D eigenvalue weighted by atomic mass is 19.1. The lowest BCUT2D eigenvalue weighted by molar-refractivity contribution is 0.510. The minimum Gasteiger partial charge on any atom is -0.358 e. The van der Waals surface area contributed by atoms with Crippen molar-refractivity contribution in [2.24, 2.45) is 0 Å². The van der Waals surface area contributed by atoms with Crippen molar-refractivity contribution < 1.29 is 4.39 Å². The summed E-state index contributed by atoms with van der Waals surface area (Å²) >= 11 is 0. The highest BCUT2D eigenvalue weighted by molar-refractivity contribution is 5.84. The third kappa shape index (κ3) is 1.54. The van der Waals surface area contributed by atoms with Crippen molar-refractivity contribution in [1.29, 1.82) is 0 Å². The van der Waals surface area contributed by atoms with Gasteiger partial charge in [0.2, 0.25) is 0 Å². The minimum absolute atomic E-state index is 0.0893. The Labute approximate surface area is 89.3 Å². The number of benzene rings is 1. The number of rotatable bonds is 2. The summed E-state index contributed by atoms with van der Waals surface area (Å²) in [7, 11) is 0. The molecule has 0 amide bonds. The molecule has 2 aromatic rings. The molecular weight excluding hydrogens is 189 g/mol. The zero-order valence-electron chi connectivity index (χ0n) is 9.39. The Hall–Kier alpha value is -1.31. The Morgan fingerprint density at radius 1 is 1.33 bits per heavy atom. The molecule has 0 spiro atoms. The van der Waals surface area contributed by atoms with E-state index in [-0.39, 0.29) is 11.2 Å². The number of fused-ring (bicyclic) bond motifs is 1. The van der Waals surface area contributed by atoms with Crippen LogP contribution in [0.25, 0.3) is 10.9 Å². The molecule has 80 valence electrons. The molecule has 0 saturated carbocycles. The number of aromatic amines is 1. The number of aromatic nitrogens is 1. The van der Waals surface area contributed by atoms with Gasteiger partial charge in [-0.25, -0.2) is 4.39 Å². The molecule has 1 aromatic carbocycles. The number of nitrogens with one attached hydrogen (secondary N) is 1. The zero-order valence-corrected chi connectivity index (χ0v) is 9.39. The predicted octanol–water partition coefficient (Wildman–Crippen LogP) is 3.99. The van der Waals surface area contributed by atoms with Crippen LogP contribution in [-0.2, 0) is 5.41 Å². The van der Waals surface area contributed by atoms with Gasteiger partial charge in [-0.1, -0.05) is 32.9 Å². The van der Waals surface area contributed by atoms with Gasteiger partial charge in [0.25, 0.3) is 0 Å². The van der Waals surface area contributed by atoms with Crippen molar-refractivity contribution in [3.8, 4) is 0 Å². The lowest BCUT2D eigenvalue weighted by atomic mass is 9.82. The summed E-state index contributed by atoms with van der Waals surface area (Å²) in [6.07, 6.45) is 2.97. The smallest absolute Gasteiger partial charge is 0.147 e. The Balaban J connectivity index is 2.69. The van der Waals surface area contributed by atoms with Crippen LogP contribution in [0.4, 0.5) is 4.39 Å². The molecule has 0 bridgehead atoms. The number of hydrogen-bond acceptors (Lipinski definition) is 0. The van der Waals surface area contributed by atoms with E-state index in [1.807, 2.05) is 12.3 Å². The molecule has 2 rings (SSSR count). The fraction of sp³-hybridized carbons (Fsp3) is 0.385. The highest BCUT2D eigenvalue weighted by Crippen LogP contribution is 2.33. The highest BCUT2D eigenvalue weighted by Gasteiger charge is 2.22. The van der Waals surface area contributed by atoms with Crippen molar-refractivity contribution in [3.63, 3.8) is 0 Å². The maximum Gasteiger partial charge on any atom is 0.147 e. The van der Waals surface area contributed by atoms with Crippen LogP contribution in [0.2, 0.25) is 0 Å². The Morgan fingerprint density at radius 2 is 2.07 bits per heavy atom. The second-order valence-electron chi connectivity index (χ2n) is 4.60. The first-order valence-corrected chi connectivity index (χ1v) is 5.32.